The average molecular weight is 372 g/mol. The van der Waals surface area contributed by atoms with Crippen LogP contribution in [0, 0.1) is 0 Å². The Morgan fingerprint density at radius 2 is 1.88 bits per heavy atom. The van der Waals surface area contributed by atoms with E-state index >= 15 is 0 Å². The van der Waals surface area contributed by atoms with Crippen molar-refractivity contribution in [3.8, 4) is 5.75 Å². The minimum atomic E-state index is -4.58. The summed E-state index contributed by atoms with van der Waals surface area (Å²) in [6.07, 6.45) is -4.58. The van der Waals surface area contributed by atoms with Gasteiger partial charge in [0.1, 0.15) is 5.75 Å². The second kappa shape index (κ2) is 5.96. The Morgan fingerprint density at radius 1 is 1.12 bits per heavy atom. The number of ether oxygens (including phenoxy) is 1. The highest BCUT2D eigenvalue weighted by Gasteiger charge is 2.31. The molecule has 1 aliphatic heterocycles. The summed E-state index contributed by atoms with van der Waals surface area (Å²) in [6.45, 7) is -0.252. The molecule has 1 aliphatic rings. The van der Waals surface area contributed by atoms with Crippen molar-refractivity contribution in [2.75, 3.05) is 16.6 Å². The van der Waals surface area contributed by atoms with E-state index in [1.165, 1.54) is 24.3 Å². The van der Waals surface area contributed by atoms with Crippen LogP contribution in [-0.4, -0.2) is 20.9 Å². The molecule has 25 heavy (non-hydrogen) atoms. The van der Waals surface area contributed by atoms with Crippen molar-refractivity contribution in [2.24, 2.45) is 0 Å². The summed E-state index contributed by atoms with van der Waals surface area (Å²) >= 11 is 0. The quantitative estimate of drug-likeness (QED) is 0.868. The molecular weight excluding hydrogens is 361 g/mol. The summed E-state index contributed by atoms with van der Waals surface area (Å²) in [5.74, 6) is -0.211. The molecule has 0 aromatic heterocycles. The third-order valence-corrected chi connectivity index (χ3v) is 4.72. The van der Waals surface area contributed by atoms with Gasteiger partial charge in [-0.15, -0.1) is 0 Å². The second-order valence-corrected chi connectivity index (χ2v) is 6.86. The number of carbonyl (C=O) groups is 1. The van der Waals surface area contributed by atoms with Gasteiger partial charge in [-0.25, -0.2) is 8.42 Å². The molecule has 0 unspecified atom stereocenters. The van der Waals surface area contributed by atoms with Crippen molar-refractivity contribution in [3.05, 3.63) is 48.0 Å². The van der Waals surface area contributed by atoms with Crippen LogP contribution in [0.25, 0.3) is 0 Å². The molecule has 132 valence electrons. The average Bonchev–Trinajstić information content (AvgIpc) is 2.53. The number of carbonyl (C=O) groups excluding carboxylic acids is 1. The minimum Gasteiger partial charge on any atom is -0.482 e. The molecule has 2 aromatic carbocycles. The summed E-state index contributed by atoms with van der Waals surface area (Å²) < 4.78 is 70.1. The van der Waals surface area contributed by atoms with E-state index in [0.717, 1.165) is 12.1 Å². The normalized spacial score (nSPS) is 14.3. The van der Waals surface area contributed by atoms with Crippen LogP contribution in [0.5, 0.6) is 5.75 Å². The van der Waals surface area contributed by atoms with Crippen LogP contribution in [0.3, 0.4) is 0 Å². The third kappa shape index (κ3) is 3.68. The highest BCUT2D eigenvalue weighted by atomic mass is 32.2. The van der Waals surface area contributed by atoms with E-state index in [0.29, 0.717) is 11.8 Å². The lowest BCUT2D eigenvalue weighted by Gasteiger charge is -2.18. The zero-order valence-electron chi connectivity index (χ0n) is 12.4. The van der Waals surface area contributed by atoms with E-state index in [2.05, 4.69) is 10.0 Å². The number of alkyl halides is 3. The smallest absolute Gasteiger partial charge is 0.416 e. The minimum absolute atomic E-state index is 0.159. The van der Waals surface area contributed by atoms with Crippen LogP contribution in [-0.2, 0) is 21.0 Å². The summed E-state index contributed by atoms with van der Waals surface area (Å²) in [5, 5.41) is 2.51. The largest absolute Gasteiger partial charge is 0.482 e. The maximum atomic E-state index is 12.7. The SMILES string of the molecule is O=C1COc2cc(S(=O)(=O)Nc3cccc(C(F)(F)F)c3)ccc2N1. The number of sulfonamides is 1. The molecule has 10 heteroatoms. The van der Waals surface area contributed by atoms with E-state index in [1.54, 1.807) is 0 Å². The Labute approximate surface area is 140 Å². The number of amides is 1. The molecule has 6 nitrogen and oxygen atoms in total. The number of rotatable bonds is 3. The Kier molecular flexibility index (Phi) is 4.07. The first kappa shape index (κ1) is 17.1. The third-order valence-electron chi connectivity index (χ3n) is 3.34. The predicted molar refractivity (Wildman–Crippen MR) is 82.8 cm³/mol. The molecule has 0 aliphatic carbocycles. The van der Waals surface area contributed by atoms with Crippen molar-refractivity contribution in [1.29, 1.82) is 0 Å². The Hall–Kier alpha value is -2.75. The van der Waals surface area contributed by atoms with Crippen molar-refractivity contribution in [1.82, 2.24) is 0 Å². The van der Waals surface area contributed by atoms with Gasteiger partial charge < -0.3 is 10.1 Å². The lowest BCUT2D eigenvalue weighted by molar-refractivity contribution is -0.137. The fourth-order valence-electron chi connectivity index (χ4n) is 2.20. The number of nitrogens with one attached hydrogen (secondary N) is 2. The van der Waals surface area contributed by atoms with Crippen molar-refractivity contribution in [3.63, 3.8) is 0 Å². The van der Waals surface area contributed by atoms with Gasteiger partial charge in [0.05, 0.1) is 16.1 Å². The zero-order valence-corrected chi connectivity index (χ0v) is 13.2. The molecule has 1 heterocycles. The molecule has 0 saturated carbocycles. The van der Waals surface area contributed by atoms with Crippen LogP contribution in [0.4, 0.5) is 24.5 Å². The first-order chi connectivity index (χ1) is 11.6. The zero-order chi connectivity index (χ0) is 18.2. The van der Waals surface area contributed by atoms with Gasteiger partial charge in [0.15, 0.2) is 6.61 Å². The standard InChI is InChI=1S/C15H11F3N2O4S/c16-15(17,18)9-2-1-3-10(6-9)20-25(22,23)11-4-5-12-13(7-11)24-8-14(21)19-12/h1-7,20H,8H2,(H,19,21). The molecule has 1 amide bonds. The summed E-state index contributed by atoms with van der Waals surface area (Å²) in [7, 11) is -4.13. The first-order valence-corrected chi connectivity index (χ1v) is 8.40. The molecule has 0 fully saturated rings. The predicted octanol–water partition coefficient (Wildman–Crippen LogP) is 2.84. The topological polar surface area (TPSA) is 84.5 Å². The van der Waals surface area contributed by atoms with Crippen LogP contribution < -0.4 is 14.8 Å². The number of anilines is 2. The van der Waals surface area contributed by atoms with E-state index in [1.807, 2.05) is 0 Å². The molecule has 0 bridgehead atoms. The second-order valence-electron chi connectivity index (χ2n) is 5.18. The Morgan fingerprint density at radius 3 is 2.60 bits per heavy atom. The van der Waals surface area contributed by atoms with Crippen LogP contribution >= 0.6 is 0 Å². The van der Waals surface area contributed by atoms with Crippen LogP contribution in [0.2, 0.25) is 0 Å². The van der Waals surface area contributed by atoms with Crippen LogP contribution in [0.1, 0.15) is 5.56 Å². The maximum Gasteiger partial charge on any atom is 0.416 e. The Balaban J connectivity index is 1.89. The summed E-state index contributed by atoms with van der Waals surface area (Å²) in [6, 6.07) is 7.59. The first-order valence-electron chi connectivity index (χ1n) is 6.92. The molecule has 0 spiro atoms. The lowest BCUT2D eigenvalue weighted by atomic mass is 10.2. The highest BCUT2D eigenvalue weighted by molar-refractivity contribution is 7.92. The molecule has 2 N–H and O–H groups in total. The van der Waals surface area contributed by atoms with Gasteiger partial charge >= 0.3 is 6.18 Å². The summed E-state index contributed by atoms with van der Waals surface area (Å²) in [4.78, 5) is 11.0. The number of halogens is 3. The van der Waals surface area contributed by atoms with Crippen LogP contribution in [0.15, 0.2) is 47.4 Å². The number of fused-ring (bicyclic) bond motifs is 1. The molecule has 0 saturated heterocycles. The van der Waals surface area contributed by atoms with E-state index in [9.17, 15) is 26.4 Å². The molecule has 0 radical (unpaired) electrons. The van der Waals surface area contributed by atoms with E-state index in [-0.39, 0.29) is 28.8 Å². The molecule has 0 atom stereocenters. The van der Waals surface area contributed by atoms with Gasteiger partial charge in [0.2, 0.25) is 0 Å². The highest BCUT2D eigenvalue weighted by Crippen LogP contribution is 2.33. The Bertz CT molecular complexity index is 942. The van der Waals surface area contributed by atoms with Gasteiger partial charge in [-0.05, 0) is 30.3 Å². The summed E-state index contributed by atoms with van der Waals surface area (Å²) in [5.41, 5.74) is -0.875. The van der Waals surface area contributed by atoms with Gasteiger partial charge in [0, 0.05) is 11.8 Å². The monoisotopic (exact) mass is 372 g/mol. The van der Waals surface area contributed by atoms with Crippen molar-refractivity contribution < 1.29 is 31.1 Å². The van der Waals surface area contributed by atoms with Crippen molar-refractivity contribution >= 4 is 27.3 Å². The van der Waals surface area contributed by atoms with Gasteiger partial charge in [-0.3, -0.25) is 9.52 Å². The van der Waals surface area contributed by atoms with Gasteiger partial charge in [-0.2, -0.15) is 13.2 Å². The number of benzene rings is 2. The number of hydrogen-bond donors (Lipinski definition) is 2. The lowest BCUT2D eigenvalue weighted by Crippen LogP contribution is -2.25. The fourth-order valence-corrected chi connectivity index (χ4v) is 3.26. The fraction of sp³-hybridized carbons (Fsp3) is 0.133. The molecular formula is C15H11F3N2O4S. The number of hydrogen-bond acceptors (Lipinski definition) is 4. The van der Waals surface area contributed by atoms with Gasteiger partial charge in [0.25, 0.3) is 15.9 Å². The van der Waals surface area contributed by atoms with Crippen molar-refractivity contribution in [2.45, 2.75) is 11.1 Å². The maximum absolute atomic E-state index is 12.7. The van der Waals surface area contributed by atoms with Gasteiger partial charge in [-0.1, -0.05) is 6.07 Å². The molecule has 3 rings (SSSR count). The molecule has 2 aromatic rings. The van der Waals surface area contributed by atoms with E-state index in [4.69, 9.17) is 4.74 Å². The van der Waals surface area contributed by atoms with E-state index < -0.39 is 21.8 Å².